The van der Waals surface area contributed by atoms with E-state index in [0.717, 1.165) is 5.56 Å². The predicted molar refractivity (Wildman–Crippen MR) is 96.1 cm³/mol. The van der Waals surface area contributed by atoms with Crippen LogP contribution in [0.4, 0.5) is 5.69 Å². The molecule has 0 aliphatic rings. The molecule has 0 saturated carbocycles. The van der Waals surface area contributed by atoms with Gasteiger partial charge in [0.15, 0.2) is 6.61 Å². The first-order chi connectivity index (χ1) is 12.5. The summed E-state index contributed by atoms with van der Waals surface area (Å²) >= 11 is 0. The van der Waals surface area contributed by atoms with E-state index in [4.69, 9.17) is 9.47 Å². The van der Waals surface area contributed by atoms with Gasteiger partial charge in [0.2, 0.25) is 0 Å². The summed E-state index contributed by atoms with van der Waals surface area (Å²) in [7, 11) is 1.53. The van der Waals surface area contributed by atoms with Crippen molar-refractivity contribution in [2.75, 3.05) is 25.6 Å². The molecule has 0 aliphatic heterocycles. The summed E-state index contributed by atoms with van der Waals surface area (Å²) < 4.78 is 9.86. The van der Waals surface area contributed by atoms with Gasteiger partial charge in [-0.15, -0.1) is 0 Å². The van der Waals surface area contributed by atoms with E-state index in [2.05, 4.69) is 10.6 Å². The molecule has 2 aromatic carbocycles. The van der Waals surface area contributed by atoms with Crippen molar-refractivity contribution in [1.29, 1.82) is 0 Å². The van der Waals surface area contributed by atoms with Gasteiger partial charge < -0.3 is 20.1 Å². The summed E-state index contributed by atoms with van der Waals surface area (Å²) in [6.45, 7) is 1.10. The van der Waals surface area contributed by atoms with Gasteiger partial charge in [-0.2, -0.15) is 0 Å². The molecule has 0 heterocycles. The smallest absolute Gasteiger partial charge is 0.325 e. The quantitative estimate of drug-likeness (QED) is 0.739. The molecule has 26 heavy (non-hydrogen) atoms. The summed E-state index contributed by atoms with van der Waals surface area (Å²) in [4.78, 5) is 35.4. The zero-order valence-corrected chi connectivity index (χ0v) is 14.6. The number of para-hydroxylation sites is 1. The SMILES string of the molecule is COc1ccc(C(=O)NCC(=O)OCC(=O)Nc2ccccc2C)cc1. The molecule has 0 radical (unpaired) electrons. The van der Waals surface area contributed by atoms with Crippen molar-refractivity contribution in [2.45, 2.75) is 6.92 Å². The Morgan fingerprint density at radius 1 is 1.00 bits per heavy atom. The Kier molecular flexibility index (Phi) is 6.73. The molecule has 7 nitrogen and oxygen atoms in total. The molecule has 2 N–H and O–H groups in total. The van der Waals surface area contributed by atoms with Gasteiger partial charge in [0, 0.05) is 11.3 Å². The molecule has 136 valence electrons. The Morgan fingerprint density at radius 2 is 1.69 bits per heavy atom. The highest BCUT2D eigenvalue weighted by atomic mass is 16.5. The molecule has 0 aromatic heterocycles. The van der Waals surface area contributed by atoms with Crippen LogP contribution in [0.3, 0.4) is 0 Å². The van der Waals surface area contributed by atoms with Crippen LogP contribution in [0.25, 0.3) is 0 Å². The fourth-order valence-corrected chi connectivity index (χ4v) is 2.09. The summed E-state index contributed by atoms with van der Waals surface area (Å²) in [5.41, 5.74) is 1.94. The number of anilines is 1. The largest absolute Gasteiger partial charge is 0.497 e. The number of aryl methyl sites for hydroxylation is 1. The molecule has 2 amide bonds. The summed E-state index contributed by atoms with van der Waals surface area (Å²) in [6.07, 6.45) is 0. The van der Waals surface area contributed by atoms with Crippen molar-refractivity contribution in [3.8, 4) is 5.75 Å². The number of benzene rings is 2. The molecule has 0 saturated heterocycles. The highest BCUT2D eigenvalue weighted by molar-refractivity contribution is 5.96. The molecular formula is C19H20N2O5. The maximum absolute atomic E-state index is 11.9. The van der Waals surface area contributed by atoms with Gasteiger partial charge in [0.05, 0.1) is 7.11 Å². The molecule has 0 spiro atoms. The van der Waals surface area contributed by atoms with E-state index in [9.17, 15) is 14.4 Å². The van der Waals surface area contributed by atoms with Crippen LogP contribution in [0.2, 0.25) is 0 Å². The Labute approximate surface area is 151 Å². The average Bonchev–Trinajstić information content (AvgIpc) is 2.66. The van der Waals surface area contributed by atoms with Crippen molar-refractivity contribution in [1.82, 2.24) is 5.32 Å². The number of amides is 2. The summed E-state index contributed by atoms with van der Waals surface area (Å²) in [5, 5.41) is 5.08. The van der Waals surface area contributed by atoms with E-state index in [1.165, 1.54) is 7.11 Å². The van der Waals surface area contributed by atoms with Crippen LogP contribution in [0.15, 0.2) is 48.5 Å². The van der Waals surface area contributed by atoms with Crippen molar-refractivity contribution in [3.63, 3.8) is 0 Å². The van der Waals surface area contributed by atoms with Crippen LogP contribution in [-0.4, -0.2) is 38.0 Å². The van der Waals surface area contributed by atoms with Gasteiger partial charge in [-0.3, -0.25) is 14.4 Å². The number of methoxy groups -OCH3 is 1. The Morgan fingerprint density at radius 3 is 2.35 bits per heavy atom. The van der Waals surface area contributed by atoms with Gasteiger partial charge in [-0.25, -0.2) is 0 Å². The maximum Gasteiger partial charge on any atom is 0.325 e. The van der Waals surface area contributed by atoms with E-state index in [1.807, 2.05) is 19.1 Å². The number of hydrogen-bond donors (Lipinski definition) is 2. The lowest BCUT2D eigenvalue weighted by atomic mass is 10.2. The van der Waals surface area contributed by atoms with Crippen molar-refractivity contribution in [3.05, 3.63) is 59.7 Å². The fourth-order valence-electron chi connectivity index (χ4n) is 2.09. The van der Waals surface area contributed by atoms with Crippen molar-refractivity contribution >= 4 is 23.5 Å². The fraction of sp³-hybridized carbons (Fsp3) is 0.211. The van der Waals surface area contributed by atoms with E-state index in [-0.39, 0.29) is 6.54 Å². The molecule has 2 rings (SSSR count). The van der Waals surface area contributed by atoms with E-state index < -0.39 is 24.4 Å². The van der Waals surface area contributed by atoms with Crippen LogP contribution in [0, 0.1) is 6.92 Å². The normalized spacial score (nSPS) is 9.92. The first-order valence-corrected chi connectivity index (χ1v) is 7.93. The molecule has 0 bridgehead atoms. The Balaban J connectivity index is 1.73. The highest BCUT2D eigenvalue weighted by Crippen LogP contribution is 2.13. The number of rotatable bonds is 7. The van der Waals surface area contributed by atoms with Crippen LogP contribution in [-0.2, 0) is 14.3 Å². The summed E-state index contributed by atoms with van der Waals surface area (Å²) in [6, 6.07) is 13.7. The second kappa shape index (κ2) is 9.22. The Hall–Kier alpha value is -3.35. The standard InChI is InChI=1S/C19H20N2O5/c1-13-5-3-4-6-16(13)21-17(22)12-26-18(23)11-20-19(24)14-7-9-15(25-2)10-8-14/h3-10H,11-12H2,1-2H3,(H,20,24)(H,21,22). The molecule has 2 aromatic rings. The third-order valence-electron chi connectivity index (χ3n) is 3.53. The predicted octanol–water partition coefficient (Wildman–Crippen LogP) is 1.92. The molecule has 0 atom stereocenters. The van der Waals surface area contributed by atoms with Crippen molar-refractivity contribution < 1.29 is 23.9 Å². The first-order valence-electron chi connectivity index (χ1n) is 7.93. The number of nitrogens with one attached hydrogen (secondary N) is 2. The second-order valence-electron chi connectivity index (χ2n) is 5.43. The van der Waals surface area contributed by atoms with Crippen LogP contribution in [0.1, 0.15) is 15.9 Å². The van der Waals surface area contributed by atoms with E-state index >= 15 is 0 Å². The minimum absolute atomic E-state index is 0.331. The van der Waals surface area contributed by atoms with Gasteiger partial charge in [-0.1, -0.05) is 18.2 Å². The van der Waals surface area contributed by atoms with Crippen LogP contribution < -0.4 is 15.4 Å². The molecule has 7 heteroatoms. The number of carbonyl (C=O) groups is 3. The maximum atomic E-state index is 11.9. The zero-order chi connectivity index (χ0) is 18.9. The molecule has 0 aliphatic carbocycles. The van der Waals surface area contributed by atoms with Gasteiger partial charge in [0.25, 0.3) is 11.8 Å². The van der Waals surface area contributed by atoms with Gasteiger partial charge >= 0.3 is 5.97 Å². The number of carbonyl (C=O) groups excluding carboxylic acids is 3. The van der Waals surface area contributed by atoms with Gasteiger partial charge in [-0.05, 0) is 42.8 Å². The van der Waals surface area contributed by atoms with Crippen LogP contribution in [0.5, 0.6) is 5.75 Å². The lowest BCUT2D eigenvalue weighted by Crippen LogP contribution is -2.32. The van der Waals surface area contributed by atoms with Gasteiger partial charge in [0.1, 0.15) is 12.3 Å². The van der Waals surface area contributed by atoms with Crippen molar-refractivity contribution in [2.24, 2.45) is 0 Å². The monoisotopic (exact) mass is 356 g/mol. The minimum Gasteiger partial charge on any atom is -0.497 e. The lowest BCUT2D eigenvalue weighted by molar-refractivity contribution is -0.146. The number of esters is 1. The lowest BCUT2D eigenvalue weighted by Gasteiger charge is -2.09. The highest BCUT2D eigenvalue weighted by Gasteiger charge is 2.11. The minimum atomic E-state index is -0.702. The van der Waals surface area contributed by atoms with E-state index in [1.54, 1.807) is 36.4 Å². The average molecular weight is 356 g/mol. The Bertz CT molecular complexity index is 787. The topological polar surface area (TPSA) is 93.7 Å². The molecular weight excluding hydrogens is 336 g/mol. The zero-order valence-electron chi connectivity index (χ0n) is 14.6. The molecule has 0 fully saturated rings. The van der Waals surface area contributed by atoms with Crippen LogP contribution >= 0.6 is 0 Å². The van der Waals surface area contributed by atoms with E-state index in [0.29, 0.717) is 17.0 Å². The third-order valence-corrected chi connectivity index (χ3v) is 3.53. The number of hydrogen-bond acceptors (Lipinski definition) is 5. The summed E-state index contributed by atoms with van der Waals surface area (Å²) in [5.74, 6) is -0.949. The first kappa shape index (κ1) is 19.0. The third kappa shape index (κ3) is 5.62. The number of ether oxygens (including phenoxy) is 2. The second-order valence-corrected chi connectivity index (χ2v) is 5.43. The molecule has 0 unspecified atom stereocenters.